The van der Waals surface area contributed by atoms with Crippen LogP contribution in [0.5, 0.6) is 0 Å². The van der Waals surface area contributed by atoms with Crippen LogP contribution >= 0.6 is 24.0 Å². The van der Waals surface area contributed by atoms with Gasteiger partial charge in [0.2, 0.25) is 0 Å². The maximum atomic E-state index is 13.0. The van der Waals surface area contributed by atoms with Crippen molar-refractivity contribution >= 4 is 35.4 Å². The highest BCUT2D eigenvalue weighted by Gasteiger charge is 2.34. The number of rotatable bonds is 5. The number of carbonyl (C=O) groups excluding carboxylic acids is 1. The number of allylic oxidation sites excluding steroid dienone is 4. The lowest BCUT2D eigenvalue weighted by molar-refractivity contribution is -0.137. The Balaban J connectivity index is 0.00000306. The van der Waals surface area contributed by atoms with Gasteiger partial charge in [-0.15, -0.1) is 24.0 Å². The molecule has 1 aliphatic heterocycles. The number of nitrogens with zero attached hydrogens (tertiary/aromatic N) is 1. The predicted molar refractivity (Wildman–Crippen MR) is 129 cm³/mol. The lowest BCUT2D eigenvalue weighted by atomic mass is 9.88. The molecule has 0 saturated heterocycles. The summed E-state index contributed by atoms with van der Waals surface area (Å²) < 4.78 is 39.0. The van der Waals surface area contributed by atoms with Gasteiger partial charge in [-0.25, -0.2) is 0 Å². The van der Waals surface area contributed by atoms with Gasteiger partial charge in [-0.05, 0) is 35.3 Å². The Morgan fingerprint density at radius 2 is 1.76 bits per heavy atom. The summed E-state index contributed by atoms with van der Waals surface area (Å²) in [5, 5.41) is 0. The summed E-state index contributed by atoms with van der Waals surface area (Å²) in [6.07, 6.45) is 5.50. The highest BCUT2D eigenvalue weighted by molar-refractivity contribution is 6.38. The van der Waals surface area contributed by atoms with Crippen LogP contribution in [-0.4, -0.2) is 35.2 Å². The van der Waals surface area contributed by atoms with E-state index < -0.39 is 16.6 Å². The van der Waals surface area contributed by atoms with E-state index >= 15 is 0 Å². The van der Waals surface area contributed by atoms with E-state index in [-0.39, 0.29) is 30.7 Å². The Bertz CT molecular complexity index is 1060. The van der Waals surface area contributed by atoms with Crippen molar-refractivity contribution in [3.63, 3.8) is 0 Å². The molecular weight excluding hydrogens is 470 g/mol. The summed E-state index contributed by atoms with van der Waals surface area (Å²) in [6.45, 7) is 1.26. The molecule has 0 radical (unpaired) electrons. The van der Waals surface area contributed by atoms with Gasteiger partial charge in [-0.3, -0.25) is 9.69 Å². The van der Waals surface area contributed by atoms with E-state index in [1.807, 2.05) is 53.5 Å². The summed E-state index contributed by atoms with van der Waals surface area (Å²) in [5.41, 5.74) is 1.92. The highest BCUT2D eigenvalue weighted by Crippen LogP contribution is 2.33. The molecule has 2 aliphatic rings. The van der Waals surface area contributed by atoms with Gasteiger partial charge in [-0.1, -0.05) is 72.8 Å². The molecular formula is C26H24Cl2F3NO. The molecule has 0 aromatic heterocycles. The van der Waals surface area contributed by atoms with E-state index in [0.29, 0.717) is 25.1 Å². The number of alkyl halides is 4. The van der Waals surface area contributed by atoms with E-state index in [1.54, 1.807) is 18.2 Å². The number of ketones is 1. The second-order valence-electron chi connectivity index (χ2n) is 8.14. The summed E-state index contributed by atoms with van der Waals surface area (Å²) in [5.74, 6) is -0.0297. The zero-order valence-electron chi connectivity index (χ0n) is 17.8. The second kappa shape index (κ2) is 10.3. The smallest absolute Gasteiger partial charge is 0.296 e. The van der Waals surface area contributed by atoms with Gasteiger partial charge in [0, 0.05) is 19.0 Å². The van der Waals surface area contributed by atoms with E-state index in [2.05, 4.69) is 0 Å². The fraction of sp³-hybridized carbons (Fsp3) is 0.269. The third-order valence-electron chi connectivity index (χ3n) is 5.93. The Hall–Kier alpha value is -2.34. The lowest BCUT2D eigenvalue weighted by Crippen LogP contribution is -2.41. The molecule has 7 heteroatoms. The van der Waals surface area contributed by atoms with E-state index in [1.165, 1.54) is 12.1 Å². The largest absolute Gasteiger partial charge is 0.416 e. The number of benzene rings is 2. The molecule has 0 N–H and O–H groups in total. The summed E-state index contributed by atoms with van der Waals surface area (Å²) in [7, 11) is 0. The zero-order chi connectivity index (χ0) is 22.8. The zero-order valence-corrected chi connectivity index (χ0v) is 19.3. The molecule has 0 amide bonds. The molecule has 2 nitrogen and oxygen atoms in total. The minimum atomic E-state index is -4.36. The highest BCUT2D eigenvalue weighted by atomic mass is 35.5. The van der Waals surface area contributed by atoms with Crippen molar-refractivity contribution < 1.29 is 18.0 Å². The van der Waals surface area contributed by atoms with Crippen molar-refractivity contribution in [1.29, 1.82) is 0 Å². The SMILES string of the molecule is Cl.O=C(CN1CC=C(c2cccc(C(F)(F)F)c2)CC1)C1(Cl)C=CC(c2ccccc2)C=C1. The Morgan fingerprint density at radius 3 is 2.36 bits per heavy atom. The van der Waals surface area contributed by atoms with Crippen LogP contribution < -0.4 is 0 Å². The number of halogens is 5. The quantitative estimate of drug-likeness (QED) is 0.342. The molecule has 2 aromatic rings. The summed E-state index contributed by atoms with van der Waals surface area (Å²) in [4.78, 5) is 13.7. The first-order chi connectivity index (χ1) is 15.2. The number of hydrogen-bond acceptors (Lipinski definition) is 2. The molecule has 0 unspecified atom stereocenters. The summed E-state index contributed by atoms with van der Waals surface area (Å²) >= 11 is 6.61. The Kier molecular flexibility index (Phi) is 7.88. The van der Waals surface area contributed by atoms with Gasteiger partial charge in [0.1, 0.15) is 4.87 Å². The molecule has 174 valence electrons. The van der Waals surface area contributed by atoms with Crippen molar-refractivity contribution in [3.8, 4) is 0 Å². The first kappa shape index (κ1) is 25.3. The fourth-order valence-electron chi connectivity index (χ4n) is 4.03. The molecule has 0 atom stereocenters. The number of Topliss-reactive ketones (excluding diaryl/α,β-unsaturated/α-hetero) is 1. The number of carbonyl (C=O) groups is 1. The molecule has 4 rings (SSSR count). The minimum absolute atomic E-state index is 0. The van der Waals surface area contributed by atoms with Crippen molar-refractivity contribution in [2.24, 2.45) is 0 Å². The molecule has 0 bridgehead atoms. The molecule has 1 heterocycles. The van der Waals surface area contributed by atoms with Crippen molar-refractivity contribution in [2.75, 3.05) is 19.6 Å². The predicted octanol–water partition coefficient (Wildman–Crippen LogP) is 6.67. The average molecular weight is 494 g/mol. The van der Waals surface area contributed by atoms with E-state index in [0.717, 1.165) is 17.2 Å². The van der Waals surface area contributed by atoms with Crippen molar-refractivity contribution in [2.45, 2.75) is 23.4 Å². The summed E-state index contributed by atoms with van der Waals surface area (Å²) in [6, 6.07) is 15.3. The normalized spacial score (nSPS) is 23.0. The minimum Gasteiger partial charge on any atom is -0.296 e. The van der Waals surface area contributed by atoms with Gasteiger partial charge in [0.15, 0.2) is 5.78 Å². The van der Waals surface area contributed by atoms with Gasteiger partial charge in [0.25, 0.3) is 0 Å². The average Bonchev–Trinajstić information content (AvgIpc) is 2.80. The van der Waals surface area contributed by atoms with Crippen LogP contribution in [0.25, 0.3) is 5.57 Å². The van der Waals surface area contributed by atoms with Crippen LogP contribution in [0.15, 0.2) is 85.0 Å². The molecule has 0 fully saturated rings. The van der Waals surface area contributed by atoms with Crippen LogP contribution in [0.2, 0.25) is 0 Å². The van der Waals surface area contributed by atoms with Gasteiger partial charge >= 0.3 is 6.18 Å². The molecule has 2 aromatic carbocycles. The van der Waals surface area contributed by atoms with Crippen LogP contribution in [-0.2, 0) is 11.0 Å². The fourth-order valence-corrected chi connectivity index (χ4v) is 4.23. The third kappa shape index (κ3) is 5.97. The first-order valence-corrected chi connectivity index (χ1v) is 10.9. The van der Waals surface area contributed by atoms with Crippen molar-refractivity contribution in [3.05, 3.63) is 102 Å². The van der Waals surface area contributed by atoms with Crippen LogP contribution in [0.4, 0.5) is 13.2 Å². The van der Waals surface area contributed by atoms with Gasteiger partial charge in [0.05, 0.1) is 12.1 Å². The molecule has 33 heavy (non-hydrogen) atoms. The first-order valence-electron chi connectivity index (χ1n) is 10.5. The number of hydrogen-bond donors (Lipinski definition) is 0. The maximum absolute atomic E-state index is 13.0. The third-order valence-corrected chi connectivity index (χ3v) is 6.39. The molecule has 1 aliphatic carbocycles. The Morgan fingerprint density at radius 1 is 1.06 bits per heavy atom. The maximum Gasteiger partial charge on any atom is 0.416 e. The van der Waals surface area contributed by atoms with E-state index in [9.17, 15) is 18.0 Å². The Labute approximate surface area is 202 Å². The van der Waals surface area contributed by atoms with E-state index in [4.69, 9.17) is 11.6 Å². The second-order valence-corrected chi connectivity index (χ2v) is 8.76. The molecule has 0 spiro atoms. The van der Waals surface area contributed by atoms with Gasteiger partial charge in [-0.2, -0.15) is 13.2 Å². The van der Waals surface area contributed by atoms with Crippen LogP contribution in [0, 0.1) is 0 Å². The topological polar surface area (TPSA) is 20.3 Å². The van der Waals surface area contributed by atoms with Gasteiger partial charge < -0.3 is 0 Å². The van der Waals surface area contributed by atoms with Crippen molar-refractivity contribution in [1.82, 2.24) is 4.90 Å². The van der Waals surface area contributed by atoms with Crippen LogP contribution in [0.1, 0.15) is 29.0 Å². The monoisotopic (exact) mass is 493 g/mol. The molecule has 0 saturated carbocycles. The van der Waals surface area contributed by atoms with Crippen LogP contribution in [0.3, 0.4) is 0 Å². The lowest BCUT2D eigenvalue weighted by Gasteiger charge is -2.30. The standard InChI is InChI=1S/C26H23ClF3NO.ClH/c27-25(13-9-20(10-14-25)19-5-2-1-3-6-19)24(32)18-31-15-11-21(12-16-31)22-7-4-8-23(17-22)26(28,29)30;/h1-11,13-14,17,20H,12,15-16,18H2;1H.